The summed E-state index contributed by atoms with van der Waals surface area (Å²) in [6.07, 6.45) is 3.63. The monoisotopic (exact) mass is 272 g/mol. The number of ether oxygens (including phenoxy) is 2. The Morgan fingerprint density at radius 3 is 2.50 bits per heavy atom. The van der Waals surface area contributed by atoms with E-state index < -0.39 is 0 Å². The molecule has 1 aromatic heterocycles. The second-order valence-corrected chi connectivity index (χ2v) is 4.39. The highest BCUT2D eigenvalue weighted by Crippen LogP contribution is 2.35. The average Bonchev–Trinajstić information content (AvgIpc) is 2.52. The number of methoxy groups -OCH3 is 2. The van der Waals surface area contributed by atoms with Crippen LogP contribution < -0.4 is 14.8 Å². The van der Waals surface area contributed by atoms with Crippen LogP contribution in [0.4, 0.5) is 0 Å². The van der Waals surface area contributed by atoms with E-state index in [4.69, 9.17) is 9.47 Å². The smallest absolute Gasteiger partial charge is 0.161 e. The van der Waals surface area contributed by atoms with Gasteiger partial charge in [0.15, 0.2) is 11.5 Å². The quantitative estimate of drug-likeness (QED) is 0.878. The highest BCUT2D eigenvalue weighted by Gasteiger charge is 2.12. The normalized spacial score (nSPS) is 10.3. The summed E-state index contributed by atoms with van der Waals surface area (Å²) >= 11 is 0. The van der Waals surface area contributed by atoms with E-state index in [0.29, 0.717) is 0 Å². The number of benzene rings is 1. The molecule has 0 aliphatic rings. The van der Waals surface area contributed by atoms with Gasteiger partial charge in [-0.25, -0.2) is 0 Å². The topological polar surface area (TPSA) is 43.4 Å². The molecule has 4 heteroatoms. The molecule has 0 amide bonds. The molecule has 4 nitrogen and oxygen atoms in total. The molecular formula is C16H20N2O2. The van der Waals surface area contributed by atoms with Crippen molar-refractivity contribution in [3.63, 3.8) is 0 Å². The zero-order valence-corrected chi connectivity index (χ0v) is 12.1. The standard InChI is InChI=1S/C16H20N2O2/c1-4-17-11-13-8-15(19-2)16(20-3)9-14(13)12-6-5-7-18-10-12/h5-10,17H,4,11H2,1-3H3. The van der Waals surface area contributed by atoms with E-state index in [0.717, 1.165) is 41.3 Å². The van der Waals surface area contributed by atoms with Crippen LogP contribution in [0.15, 0.2) is 36.7 Å². The lowest BCUT2D eigenvalue weighted by Gasteiger charge is -2.15. The van der Waals surface area contributed by atoms with Crippen molar-refractivity contribution >= 4 is 0 Å². The predicted octanol–water partition coefficient (Wildman–Crippen LogP) is 2.88. The molecule has 106 valence electrons. The van der Waals surface area contributed by atoms with E-state index in [2.05, 4.69) is 17.2 Å². The molecule has 0 saturated carbocycles. The van der Waals surface area contributed by atoms with Gasteiger partial charge in [0.2, 0.25) is 0 Å². The van der Waals surface area contributed by atoms with Crippen molar-refractivity contribution in [1.29, 1.82) is 0 Å². The molecule has 0 fully saturated rings. The number of hydrogen-bond donors (Lipinski definition) is 1. The number of rotatable bonds is 6. The van der Waals surface area contributed by atoms with E-state index in [1.165, 1.54) is 0 Å². The summed E-state index contributed by atoms with van der Waals surface area (Å²) < 4.78 is 10.8. The second kappa shape index (κ2) is 6.91. The van der Waals surface area contributed by atoms with Crippen molar-refractivity contribution in [1.82, 2.24) is 10.3 Å². The Morgan fingerprint density at radius 1 is 1.15 bits per heavy atom. The lowest BCUT2D eigenvalue weighted by atomic mass is 10.00. The summed E-state index contributed by atoms with van der Waals surface area (Å²) in [6.45, 7) is 3.78. The predicted molar refractivity (Wildman–Crippen MR) is 80.2 cm³/mol. The molecule has 0 saturated heterocycles. The minimum absolute atomic E-state index is 0.728. The summed E-state index contributed by atoms with van der Waals surface area (Å²) in [6, 6.07) is 8.00. The molecule has 0 aliphatic heterocycles. The minimum atomic E-state index is 0.728. The minimum Gasteiger partial charge on any atom is -0.493 e. The van der Waals surface area contributed by atoms with Crippen LogP contribution in [0.25, 0.3) is 11.1 Å². The number of nitrogens with one attached hydrogen (secondary N) is 1. The third-order valence-corrected chi connectivity index (χ3v) is 3.15. The van der Waals surface area contributed by atoms with Crippen LogP contribution in [0.5, 0.6) is 11.5 Å². The van der Waals surface area contributed by atoms with Crippen molar-refractivity contribution in [2.45, 2.75) is 13.5 Å². The molecule has 0 spiro atoms. The van der Waals surface area contributed by atoms with Crippen LogP contribution in [-0.2, 0) is 6.54 Å². The highest BCUT2D eigenvalue weighted by atomic mass is 16.5. The third kappa shape index (κ3) is 3.08. The Morgan fingerprint density at radius 2 is 1.90 bits per heavy atom. The van der Waals surface area contributed by atoms with E-state index in [9.17, 15) is 0 Å². The van der Waals surface area contributed by atoms with Gasteiger partial charge < -0.3 is 14.8 Å². The first-order valence-electron chi connectivity index (χ1n) is 6.66. The van der Waals surface area contributed by atoms with Gasteiger partial charge in [-0.3, -0.25) is 4.98 Å². The molecule has 0 aliphatic carbocycles. The fourth-order valence-corrected chi connectivity index (χ4v) is 2.12. The molecule has 0 radical (unpaired) electrons. The molecule has 2 aromatic rings. The molecule has 2 rings (SSSR count). The van der Waals surface area contributed by atoms with Gasteiger partial charge in [0.05, 0.1) is 14.2 Å². The Hall–Kier alpha value is -2.07. The molecule has 0 bridgehead atoms. The van der Waals surface area contributed by atoms with Crippen LogP contribution in [-0.4, -0.2) is 25.7 Å². The van der Waals surface area contributed by atoms with Crippen LogP contribution in [0.3, 0.4) is 0 Å². The fraction of sp³-hybridized carbons (Fsp3) is 0.312. The first-order chi connectivity index (χ1) is 9.80. The summed E-state index contributed by atoms with van der Waals surface area (Å²) in [4.78, 5) is 4.19. The highest BCUT2D eigenvalue weighted by molar-refractivity contribution is 5.70. The van der Waals surface area contributed by atoms with Gasteiger partial charge in [-0.2, -0.15) is 0 Å². The molecule has 1 aromatic carbocycles. The Labute approximate surface area is 119 Å². The van der Waals surface area contributed by atoms with Crippen molar-refractivity contribution in [3.05, 3.63) is 42.2 Å². The summed E-state index contributed by atoms with van der Waals surface area (Å²) in [5.41, 5.74) is 3.34. The molecule has 0 atom stereocenters. The lowest BCUT2D eigenvalue weighted by molar-refractivity contribution is 0.354. The Bertz CT molecular complexity index is 556. The largest absolute Gasteiger partial charge is 0.493 e. The van der Waals surface area contributed by atoms with Gasteiger partial charge in [-0.05, 0) is 35.9 Å². The fourth-order valence-electron chi connectivity index (χ4n) is 2.12. The maximum Gasteiger partial charge on any atom is 0.161 e. The Kier molecular flexibility index (Phi) is 4.96. The third-order valence-electron chi connectivity index (χ3n) is 3.15. The van der Waals surface area contributed by atoms with Crippen molar-refractivity contribution in [3.8, 4) is 22.6 Å². The first-order valence-corrected chi connectivity index (χ1v) is 6.66. The van der Waals surface area contributed by atoms with E-state index in [1.807, 2.05) is 30.5 Å². The van der Waals surface area contributed by atoms with E-state index in [-0.39, 0.29) is 0 Å². The number of pyridine rings is 1. The van der Waals surface area contributed by atoms with Gasteiger partial charge in [-0.1, -0.05) is 13.0 Å². The lowest BCUT2D eigenvalue weighted by Crippen LogP contribution is -2.13. The van der Waals surface area contributed by atoms with Crippen molar-refractivity contribution < 1.29 is 9.47 Å². The van der Waals surface area contributed by atoms with Gasteiger partial charge in [0, 0.05) is 24.5 Å². The van der Waals surface area contributed by atoms with Crippen LogP contribution >= 0.6 is 0 Å². The zero-order valence-electron chi connectivity index (χ0n) is 12.1. The number of aromatic nitrogens is 1. The zero-order chi connectivity index (χ0) is 14.4. The molecule has 1 N–H and O–H groups in total. The van der Waals surface area contributed by atoms with Crippen molar-refractivity contribution in [2.75, 3.05) is 20.8 Å². The van der Waals surface area contributed by atoms with E-state index in [1.54, 1.807) is 20.4 Å². The van der Waals surface area contributed by atoms with Crippen LogP contribution in [0, 0.1) is 0 Å². The van der Waals surface area contributed by atoms with Gasteiger partial charge in [0.1, 0.15) is 0 Å². The molecular weight excluding hydrogens is 252 g/mol. The summed E-state index contributed by atoms with van der Waals surface area (Å²) in [7, 11) is 3.30. The first kappa shape index (κ1) is 14.3. The number of hydrogen-bond acceptors (Lipinski definition) is 4. The maximum atomic E-state index is 5.39. The Balaban J connectivity index is 2.51. The molecule has 0 unspecified atom stereocenters. The second-order valence-electron chi connectivity index (χ2n) is 4.39. The van der Waals surface area contributed by atoms with Crippen molar-refractivity contribution in [2.24, 2.45) is 0 Å². The van der Waals surface area contributed by atoms with Gasteiger partial charge in [-0.15, -0.1) is 0 Å². The number of nitrogens with zero attached hydrogens (tertiary/aromatic N) is 1. The summed E-state index contributed by atoms with van der Waals surface area (Å²) in [5, 5.41) is 3.35. The van der Waals surface area contributed by atoms with Gasteiger partial charge >= 0.3 is 0 Å². The SMILES string of the molecule is CCNCc1cc(OC)c(OC)cc1-c1cccnc1. The molecule has 1 heterocycles. The molecule has 20 heavy (non-hydrogen) atoms. The van der Waals surface area contributed by atoms with Crippen LogP contribution in [0.1, 0.15) is 12.5 Å². The van der Waals surface area contributed by atoms with Crippen LogP contribution in [0.2, 0.25) is 0 Å². The van der Waals surface area contributed by atoms with Gasteiger partial charge in [0.25, 0.3) is 0 Å². The maximum absolute atomic E-state index is 5.39. The summed E-state index contributed by atoms with van der Waals surface area (Å²) in [5.74, 6) is 1.47. The average molecular weight is 272 g/mol. The van der Waals surface area contributed by atoms with E-state index >= 15 is 0 Å².